The van der Waals surface area contributed by atoms with Crippen molar-refractivity contribution in [1.29, 1.82) is 0 Å². The molecule has 1 amide bonds. The molecular formula is C13H16BrNO4. The predicted octanol–water partition coefficient (Wildman–Crippen LogP) is 2.67. The van der Waals surface area contributed by atoms with Gasteiger partial charge >= 0.3 is 5.97 Å². The molecule has 0 spiro atoms. The van der Waals surface area contributed by atoms with E-state index in [1.807, 2.05) is 13.8 Å². The number of carboxylic acids is 1. The Balaban J connectivity index is 2.57. The molecule has 1 aromatic rings. The minimum absolute atomic E-state index is 0.186. The fraction of sp³-hybridized carbons (Fsp3) is 0.385. The lowest BCUT2D eigenvalue weighted by molar-refractivity contribution is -0.141. The SMILES string of the molecule is CC(C)CC(NC(=O)/C=C/c1ccc(Br)o1)C(=O)O. The summed E-state index contributed by atoms with van der Waals surface area (Å²) in [7, 11) is 0. The first kappa shape index (κ1) is 15.5. The van der Waals surface area contributed by atoms with Gasteiger partial charge in [0.1, 0.15) is 11.8 Å². The zero-order valence-corrected chi connectivity index (χ0v) is 12.3. The molecule has 1 atom stereocenters. The maximum absolute atomic E-state index is 11.6. The van der Waals surface area contributed by atoms with E-state index in [-0.39, 0.29) is 5.92 Å². The molecule has 5 nitrogen and oxygen atoms in total. The van der Waals surface area contributed by atoms with Crippen LogP contribution in [0.15, 0.2) is 27.3 Å². The maximum Gasteiger partial charge on any atom is 0.326 e. The quantitative estimate of drug-likeness (QED) is 0.786. The number of carboxylic acid groups (broad SMARTS) is 1. The average molecular weight is 330 g/mol. The number of amides is 1. The van der Waals surface area contributed by atoms with E-state index < -0.39 is 17.9 Å². The second-order valence-electron chi connectivity index (χ2n) is 4.50. The molecule has 1 heterocycles. The molecule has 0 fully saturated rings. The van der Waals surface area contributed by atoms with Crippen molar-refractivity contribution in [3.05, 3.63) is 28.6 Å². The van der Waals surface area contributed by atoms with Crippen LogP contribution in [0.5, 0.6) is 0 Å². The minimum atomic E-state index is -1.03. The van der Waals surface area contributed by atoms with E-state index in [2.05, 4.69) is 21.2 Å². The molecule has 0 aliphatic rings. The number of furan rings is 1. The van der Waals surface area contributed by atoms with Crippen LogP contribution in [0, 0.1) is 5.92 Å². The lowest BCUT2D eigenvalue weighted by Gasteiger charge is -2.15. The summed E-state index contributed by atoms with van der Waals surface area (Å²) in [4.78, 5) is 22.6. The van der Waals surface area contributed by atoms with Crippen LogP contribution in [0.25, 0.3) is 6.08 Å². The van der Waals surface area contributed by atoms with Gasteiger partial charge in [0, 0.05) is 6.08 Å². The van der Waals surface area contributed by atoms with Crippen molar-refractivity contribution in [3.63, 3.8) is 0 Å². The van der Waals surface area contributed by atoms with E-state index in [1.54, 1.807) is 12.1 Å². The number of carbonyl (C=O) groups is 2. The third kappa shape index (κ3) is 5.74. The third-order valence-corrected chi connectivity index (χ3v) is 2.74. The standard InChI is InChI=1S/C13H16BrNO4/c1-8(2)7-10(13(17)18)15-12(16)6-4-9-3-5-11(14)19-9/h3-6,8,10H,7H2,1-2H3,(H,15,16)(H,17,18)/b6-4+. The van der Waals surface area contributed by atoms with Crippen molar-refractivity contribution in [1.82, 2.24) is 5.32 Å². The van der Waals surface area contributed by atoms with Gasteiger partial charge in [0.15, 0.2) is 4.67 Å². The first-order valence-electron chi connectivity index (χ1n) is 5.85. The molecule has 1 unspecified atom stereocenters. The molecule has 104 valence electrons. The van der Waals surface area contributed by atoms with Gasteiger partial charge in [-0.3, -0.25) is 4.79 Å². The van der Waals surface area contributed by atoms with Gasteiger partial charge in [-0.15, -0.1) is 0 Å². The van der Waals surface area contributed by atoms with Crippen LogP contribution in [0.3, 0.4) is 0 Å². The van der Waals surface area contributed by atoms with Crippen molar-refractivity contribution in [2.45, 2.75) is 26.3 Å². The summed E-state index contributed by atoms with van der Waals surface area (Å²) in [5.41, 5.74) is 0. The van der Waals surface area contributed by atoms with E-state index in [4.69, 9.17) is 9.52 Å². The van der Waals surface area contributed by atoms with Crippen molar-refractivity contribution in [3.8, 4) is 0 Å². The number of rotatable bonds is 6. The van der Waals surface area contributed by atoms with E-state index in [0.29, 0.717) is 16.9 Å². The summed E-state index contributed by atoms with van der Waals surface area (Å²) in [6.07, 6.45) is 3.12. The molecule has 0 aliphatic carbocycles. The smallest absolute Gasteiger partial charge is 0.326 e. The number of hydrogen-bond donors (Lipinski definition) is 2. The Bertz CT molecular complexity index is 479. The second-order valence-corrected chi connectivity index (χ2v) is 5.29. The van der Waals surface area contributed by atoms with Gasteiger partial charge in [0.05, 0.1) is 0 Å². The molecule has 0 bridgehead atoms. The van der Waals surface area contributed by atoms with Crippen LogP contribution in [0.4, 0.5) is 0 Å². The average Bonchev–Trinajstić information content (AvgIpc) is 2.71. The fourth-order valence-electron chi connectivity index (χ4n) is 1.49. The van der Waals surface area contributed by atoms with Gasteiger partial charge in [0.2, 0.25) is 5.91 Å². The van der Waals surface area contributed by atoms with Crippen LogP contribution in [0.1, 0.15) is 26.0 Å². The van der Waals surface area contributed by atoms with Gasteiger partial charge in [-0.05, 0) is 46.5 Å². The lowest BCUT2D eigenvalue weighted by atomic mass is 10.0. The van der Waals surface area contributed by atoms with Crippen LogP contribution < -0.4 is 5.32 Å². The molecule has 0 aliphatic heterocycles. The highest BCUT2D eigenvalue weighted by atomic mass is 79.9. The van der Waals surface area contributed by atoms with E-state index in [0.717, 1.165) is 0 Å². The highest BCUT2D eigenvalue weighted by molar-refractivity contribution is 9.10. The molecule has 0 aromatic carbocycles. The number of hydrogen-bond acceptors (Lipinski definition) is 3. The summed E-state index contributed by atoms with van der Waals surface area (Å²) >= 11 is 3.15. The molecule has 19 heavy (non-hydrogen) atoms. The predicted molar refractivity (Wildman–Crippen MR) is 74.5 cm³/mol. The zero-order valence-electron chi connectivity index (χ0n) is 10.7. The van der Waals surface area contributed by atoms with Crippen LogP contribution in [-0.4, -0.2) is 23.0 Å². The summed E-state index contributed by atoms with van der Waals surface area (Å²) in [6.45, 7) is 3.80. The van der Waals surface area contributed by atoms with Crippen molar-refractivity contribution >= 4 is 33.9 Å². The Hall–Kier alpha value is -1.56. The molecule has 6 heteroatoms. The van der Waals surface area contributed by atoms with Gasteiger partial charge in [-0.25, -0.2) is 4.79 Å². The summed E-state index contributed by atoms with van der Waals surface area (Å²) < 4.78 is 5.75. The molecule has 0 saturated heterocycles. The largest absolute Gasteiger partial charge is 0.480 e. The van der Waals surface area contributed by atoms with Crippen LogP contribution in [0.2, 0.25) is 0 Å². The molecule has 2 N–H and O–H groups in total. The topological polar surface area (TPSA) is 79.5 Å². The zero-order chi connectivity index (χ0) is 14.4. The molecule has 0 saturated carbocycles. The van der Waals surface area contributed by atoms with E-state index >= 15 is 0 Å². The van der Waals surface area contributed by atoms with Crippen molar-refractivity contribution in [2.75, 3.05) is 0 Å². The normalized spacial score (nSPS) is 12.8. The number of halogens is 1. The summed E-state index contributed by atoms with van der Waals surface area (Å²) in [6, 6.07) is 2.52. The minimum Gasteiger partial charge on any atom is -0.480 e. The Labute approximate surface area is 119 Å². The molecule has 1 rings (SSSR count). The van der Waals surface area contributed by atoms with E-state index in [9.17, 15) is 9.59 Å². The van der Waals surface area contributed by atoms with Gasteiger partial charge in [0.25, 0.3) is 0 Å². The summed E-state index contributed by atoms with van der Waals surface area (Å²) in [5.74, 6) is -0.791. The number of aliphatic carboxylic acids is 1. The molecular weight excluding hydrogens is 314 g/mol. The maximum atomic E-state index is 11.6. The monoisotopic (exact) mass is 329 g/mol. The molecule has 0 radical (unpaired) electrons. The van der Waals surface area contributed by atoms with Crippen LogP contribution >= 0.6 is 15.9 Å². The Morgan fingerprint density at radius 3 is 2.63 bits per heavy atom. The summed E-state index contributed by atoms with van der Waals surface area (Å²) in [5, 5.41) is 11.4. The highest BCUT2D eigenvalue weighted by Gasteiger charge is 2.19. The van der Waals surface area contributed by atoms with Gasteiger partial charge in [-0.2, -0.15) is 0 Å². The highest BCUT2D eigenvalue weighted by Crippen LogP contribution is 2.15. The molecule has 1 aromatic heterocycles. The number of nitrogens with one attached hydrogen (secondary N) is 1. The lowest BCUT2D eigenvalue weighted by Crippen LogP contribution is -2.40. The Kier molecular flexibility index (Phi) is 5.82. The fourth-order valence-corrected chi connectivity index (χ4v) is 1.81. The Morgan fingerprint density at radius 1 is 1.47 bits per heavy atom. The van der Waals surface area contributed by atoms with Gasteiger partial charge in [-0.1, -0.05) is 13.8 Å². The van der Waals surface area contributed by atoms with Crippen LogP contribution in [-0.2, 0) is 9.59 Å². The number of carbonyl (C=O) groups excluding carboxylic acids is 1. The van der Waals surface area contributed by atoms with Crippen molar-refractivity contribution in [2.24, 2.45) is 5.92 Å². The first-order valence-corrected chi connectivity index (χ1v) is 6.64. The third-order valence-electron chi connectivity index (χ3n) is 2.31. The second kappa shape index (κ2) is 7.13. The van der Waals surface area contributed by atoms with Gasteiger partial charge < -0.3 is 14.8 Å². The van der Waals surface area contributed by atoms with E-state index in [1.165, 1.54) is 12.2 Å². The first-order chi connectivity index (χ1) is 8.88. The van der Waals surface area contributed by atoms with Crippen molar-refractivity contribution < 1.29 is 19.1 Å². The Morgan fingerprint density at radius 2 is 2.16 bits per heavy atom.